The molecule has 0 heterocycles. The second kappa shape index (κ2) is 6.27. The summed E-state index contributed by atoms with van der Waals surface area (Å²) in [6.07, 6.45) is 7.88. The number of nitrogens with two attached hydrogens (primary N) is 1. The SMILES string of the molecule is COc1ccc(/C=C/C(N)=O)cc1OC1CCCC1. The molecule has 4 heteroatoms. The van der Waals surface area contributed by atoms with E-state index in [-0.39, 0.29) is 6.10 Å². The largest absolute Gasteiger partial charge is 0.493 e. The molecule has 2 N–H and O–H groups in total. The van der Waals surface area contributed by atoms with Gasteiger partial charge >= 0.3 is 0 Å². The molecular weight excluding hydrogens is 242 g/mol. The summed E-state index contributed by atoms with van der Waals surface area (Å²) in [5.74, 6) is 0.971. The van der Waals surface area contributed by atoms with Gasteiger partial charge in [-0.05, 0) is 49.5 Å². The van der Waals surface area contributed by atoms with Gasteiger partial charge in [0.1, 0.15) is 0 Å². The van der Waals surface area contributed by atoms with E-state index in [0.717, 1.165) is 24.2 Å². The van der Waals surface area contributed by atoms with E-state index in [0.29, 0.717) is 5.75 Å². The molecule has 1 aliphatic carbocycles. The summed E-state index contributed by atoms with van der Waals surface area (Å²) in [6.45, 7) is 0. The van der Waals surface area contributed by atoms with Crippen LogP contribution in [0.15, 0.2) is 24.3 Å². The van der Waals surface area contributed by atoms with Crippen LogP contribution in [0.2, 0.25) is 0 Å². The third kappa shape index (κ3) is 3.74. The van der Waals surface area contributed by atoms with E-state index >= 15 is 0 Å². The highest BCUT2D eigenvalue weighted by Crippen LogP contribution is 2.32. The summed E-state index contributed by atoms with van der Waals surface area (Å²) in [6, 6.07) is 5.57. The number of methoxy groups -OCH3 is 1. The molecule has 102 valence electrons. The van der Waals surface area contributed by atoms with Gasteiger partial charge in [-0.1, -0.05) is 6.07 Å². The van der Waals surface area contributed by atoms with Crippen LogP contribution in [-0.4, -0.2) is 19.1 Å². The van der Waals surface area contributed by atoms with Crippen molar-refractivity contribution >= 4 is 12.0 Å². The number of ether oxygens (including phenoxy) is 2. The summed E-state index contributed by atoms with van der Waals surface area (Å²) in [7, 11) is 1.62. The Morgan fingerprint density at radius 3 is 2.68 bits per heavy atom. The zero-order valence-corrected chi connectivity index (χ0v) is 11.1. The Morgan fingerprint density at radius 1 is 1.32 bits per heavy atom. The second-order valence-corrected chi connectivity index (χ2v) is 4.67. The molecular formula is C15H19NO3. The Kier molecular flexibility index (Phi) is 4.44. The number of carbonyl (C=O) groups excluding carboxylic acids is 1. The third-order valence-electron chi connectivity index (χ3n) is 3.22. The molecule has 0 unspecified atom stereocenters. The standard InChI is InChI=1S/C15H19NO3/c1-18-13-8-6-11(7-9-15(16)17)10-14(13)19-12-4-2-3-5-12/h6-10,12H,2-5H2,1H3,(H2,16,17)/b9-7+. The lowest BCUT2D eigenvalue weighted by atomic mass is 10.2. The summed E-state index contributed by atoms with van der Waals surface area (Å²) in [5, 5.41) is 0. The van der Waals surface area contributed by atoms with Crippen LogP contribution < -0.4 is 15.2 Å². The Hall–Kier alpha value is -1.97. The fourth-order valence-electron chi connectivity index (χ4n) is 2.25. The van der Waals surface area contributed by atoms with Crippen LogP contribution in [-0.2, 0) is 4.79 Å². The van der Waals surface area contributed by atoms with Crippen molar-refractivity contribution in [2.24, 2.45) is 5.73 Å². The van der Waals surface area contributed by atoms with Crippen molar-refractivity contribution < 1.29 is 14.3 Å². The first-order chi connectivity index (χ1) is 9.19. The molecule has 0 aliphatic heterocycles. The first-order valence-corrected chi connectivity index (χ1v) is 6.51. The quantitative estimate of drug-likeness (QED) is 0.828. The summed E-state index contributed by atoms with van der Waals surface area (Å²) >= 11 is 0. The normalized spacial score (nSPS) is 15.8. The monoisotopic (exact) mass is 261 g/mol. The average Bonchev–Trinajstić information content (AvgIpc) is 2.89. The maximum Gasteiger partial charge on any atom is 0.241 e. The Morgan fingerprint density at radius 2 is 2.05 bits per heavy atom. The van der Waals surface area contributed by atoms with Gasteiger partial charge in [-0.15, -0.1) is 0 Å². The van der Waals surface area contributed by atoms with Crippen molar-refractivity contribution in [2.45, 2.75) is 31.8 Å². The van der Waals surface area contributed by atoms with E-state index in [9.17, 15) is 4.79 Å². The topological polar surface area (TPSA) is 61.5 Å². The summed E-state index contributed by atoms with van der Waals surface area (Å²) in [4.78, 5) is 10.7. The van der Waals surface area contributed by atoms with E-state index in [4.69, 9.17) is 15.2 Å². The van der Waals surface area contributed by atoms with E-state index in [1.807, 2.05) is 18.2 Å². The molecule has 0 radical (unpaired) electrons. The third-order valence-corrected chi connectivity index (χ3v) is 3.22. The lowest BCUT2D eigenvalue weighted by molar-refractivity contribution is -0.113. The lowest BCUT2D eigenvalue weighted by Crippen LogP contribution is -2.11. The highest BCUT2D eigenvalue weighted by molar-refractivity contribution is 5.90. The van der Waals surface area contributed by atoms with Crippen LogP contribution in [0.5, 0.6) is 11.5 Å². The second-order valence-electron chi connectivity index (χ2n) is 4.67. The Labute approximate surface area is 113 Å². The number of carbonyl (C=O) groups is 1. The molecule has 1 aromatic carbocycles. The van der Waals surface area contributed by atoms with Gasteiger partial charge in [0.25, 0.3) is 0 Å². The van der Waals surface area contributed by atoms with Gasteiger partial charge in [0.05, 0.1) is 13.2 Å². The Bertz CT molecular complexity index is 476. The molecule has 0 aromatic heterocycles. The van der Waals surface area contributed by atoms with Gasteiger partial charge in [0.15, 0.2) is 11.5 Å². The molecule has 0 atom stereocenters. The minimum absolute atomic E-state index is 0.268. The molecule has 1 fully saturated rings. The van der Waals surface area contributed by atoms with Gasteiger partial charge in [-0.3, -0.25) is 4.79 Å². The lowest BCUT2D eigenvalue weighted by Gasteiger charge is -2.16. The summed E-state index contributed by atoms with van der Waals surface area (Å²) < 4.78 is 11.3. The highest BCUT2D eigenvalue weighted by atomic mass is 16.5. The number of primary amides is 1. The zero-order chi connectivity index (χ0) is 13.7. The smallest absolute Gasteiger partial charge is 0.241 e. The van der Waals surface area contributed by atoms with Gasteiger partial charge < -0.3 is 15.2 Å². The van der Waals surface area contributed by atoms with Crippen LogP contribution in [0.25, 0.3) is 6.08 Å². The number of hydrogen-bond acceptors (Lipinski definition) is 3. The van der Waals surface area contributed by atoms with Crippen molar-refractivity contribution in [1.29, 1.82) is 0 Å². The van der Waals surface area contributed by atoms with E-state index in [1.54, 1.807) is 13.2 Å². The highest BCUT2D eigenvalue weighted by Gasteiger charge is 2.18. The first-order valence-electron chi connectivity index (χ1n) is 6.51. The Balaban J connectivity index is 2.17. The van der Waals surface area contributed by atoms with Crippen molar-refractivity contribution in [1.82, 2.24) is 0 Å². The number of benzene rings is 1. The van der Waals surface area contributed by atoms with Crippen LogP contribution in [0, 0.1) is 0 Å². The molecule has 1 aromatic rings. The van der Waals surface area contributed by atoms with Crippen LogP contribution in [0.1, 0.15) is 31.2 Å². The molecule has 0 bridgehead atoms. The molecule has 1 aliphatic rings. The molecule has 19 heavy (non-hydrogen) atoms. The number of rotatable bonds is 5. The van der Waals surface area contributed by atoms with E-state index < -0.39 is 5.91 Å². The fourth-order valence-corrected chi connectivity index (χ4v) is 2.25. The van der Waals surface area contributed by atoms with E-state index in [2.05, 4.69) is 0 Å². The minimum Gasteiger partial charge on any atom is -0.493 e. The fraction of sp³-hybridized carbons (Fsp3) is 0.400. The van der Waals surface area contributed by atoms with Crippen LogP contribution in [0.4, 0.5) is 0 Å². The zero-order valence-electron chi connectivity index (χ0n) is 11.1. The van der Waals surface area contributed by atoms with Gasteiger partial charge in [0.2, 0.25) is 5.91 Å². The van der Waals surface area contributed by atoms with Gasteiger partial charge in [-0.25, -0.2) is 0 Å². The van der Waals surface area contributed by atoms with Crippen molar-refractivity contribution in [3.63, 3.8) is 0 Å². The minimum atomic E-state index is -0.464. The predicted molar refractivity (Wildman–Crippen MR) is 74.1 cm³/mol. The van der Waals surface area contributed by atoms with E-state index in [1.165, 1.54) is 18.9 Å². The molecule has 0 saturated heterocycles. The molecule has 2 rings (SSSR count). The first kappa shape index (κ1) is 13.5. The molecule has 1 saturated carbocycles. The number of hydrogen-bond donors (Lipinski definition) is 1. The maximum atomic E-state index is 10.7. The van der Waals surface area contributed by atoms with Crippen molar-refractivity contribution in [3.05, 3.63) is 29.8 Å². The maximum absolute atomic E-state index is 10.7. The summed E-state index contributed by atoms with van der Waals surface area (Å²) in [5.41, 5.74) is 5.95. The molecule has 1 amide bonds. The number of amides is 1. The predicted octanol–water partition coefficient (Wildman–Crippen LogP) is 2.52. The van der Waals surface area contributed by atoms with Crippen molar-refractivity contribution in [2.75, 3.05) is 7.11 Å². The van der Waals surface area contributed by atoms with Crippen LogP contribution in [0.3, 0.4) is 0 Å². The molecule has 4 nitrogen and oxygen atoms in total. The van der Waals surface area contributed by atoms with Gasteiger partial charge in [0, 0.05) is 6.08 Å². The van der Waals surface area contributed by atoms with Crippen LogP contribution >= 0.6 is 0 Å². The van der Waals surface area contributed by atoms with Crippen molar-refractivity contribution in [3.8, 4) is 11.5 Å². The molecule has 0 spiro atoms. The van der Waals surface area contributed by atoms with Gasteiger partial charge in [-0.2, -0.15) is 0 Å². The average molecular weight is 261 g/mol.